The Kier molecular flexibility index (Phi) is 42.0. The summed E-state index contributed by atoms with van der Waals surface area (Å²) in [6.45, 7) is 6.45. The minimum absolute atomic E-state index is 0.0918. The maximum absolute atomic E-state index is 12.7. The summed E-state index contributed by atoms with van der Waals surface area (Å²) in [7, 11) is 0. The molecule has 0 bridgehead atoms. The molecule has 0 aliphatic carbocycles. The molecule has 0 rings (SSSR count). The van der Waals surface area contributed by atoms with Gasteiger partial charge in [-0.2, -0.15) is 0 Å². The number of hydrogen-bond acceptors (Lipinski definition) is 6. The first-order valence-corrected chi connectivity index (χ1v) is 23.1. The monoisotopic (exact) mass is 771 g/mol. The standard InChI is InChI=1S/C49H86O6/c1-4-7-10-13-16-19-22-25-28-30-33-36-39-42-48(51)54-45-46(55-49(52)43-40-37-34-31-27-24-21-18-15-12-9-6-3)44-53-47(50)41-38-35-32-29-26-23-20-17-14-11-8-5-2/h7,10,16,19,25,28,33,36,46H,4-6,8-9,11-15,17-18,20-24,26-27,29-32,34-35,37-45H2,1-3H3/b10-7-,19-16-,28-25-,36-33-. The molecule has 6 nitrogen and oxygen atoms in total. The SMILES string of the molecule is CC/C=C\C/C=C\C/C=C\C/C=C\CCC(=O)OCC(COC(=O)CCCCCCCCCCCCCC)OC(=O)CCCCCCCCCCCCCC. The van der Waals surface area contributed by atoms with Crippen molar-refractivity contribution in [2.75, 3.05) is 13.2 Å². The third kappa shape index (κ3) is 42.4. The molecule has 1 unspecified atom stereocenters. The van der Waals surface area contributed by atoms with E-state index in [0.29, 0.717) is 19.3 Å². The third-order valence-electron chi connectivity index (χ3n) is 9.86. The maximum atomic E-state index is 12.7. The van der Waals surface area contributed by atoms with Crippen molar-refractivity contribution in [3.63, 3.8) is 0 Å². The molecule has 0 aromatic heterocycles. The van der Waals surface area contributed by atoms with E-state index in [-0.39, 0.29) is 37.5 Å². The molecule has 0 aromatic rings. The third-order valence-corrected chi connectivity index (χ3v) is 9.86. The Morgan fingerprint density at radius 1 is 0.382 bits per heavy atom. The molecule has 0 heterocycles. The number of allylic oxidation sites excluding steroid dienone is 8. The summed E-state index contributed by atoms with van der Waals surface area (Å²) in [5.74, 6) is -0.975. The number of carbonyl (C=O) groups excluding carboxylic acids is 3. The lowest BCUT2D eigenvalue weighted by Crippen LogP contribution is -2.30. The quantitative estimate of drug-likeness (QED) is 0.0267. The number of carbonyl (C=O) groups is 3. The lowest BCUT2D eigenvalue weighted by atomic mass is 10.0. The van der Waals surface area contributed by atoms with E-state index in [9.17, 15) is 14.4 Å². The Labute approximate surface area is 339 Å². The summed E-state index contributed by atoms with van der Waals surface area (Å²) in [5.41, 5.74) is 0. The van der Waals surface area contributed by atoms with Gasteiger partial charge < -0.3 is 14.2 Å². The molecule has 0 saturated heterocycles. The van der Waals surface area contributed by atoms with Crippen LogP contribution in [0.5, 0.6) is 0 Å². The van der Waals surface area contributed by atoms with Crippen LogP contribution in [0, 0.1) is 0 Å². The van der Waals surface area contributed by atoms with E-state index in [1.807, 2.05) is 12.2 Å². The Morgan fingerprint density at radius 2 is 0.709 bits per heavy atom. The van der Waals surface area contributed by atoms with Crippen LogP contribution in [0.3, 0.4) is 0 Å². The van der Waals surface area contributed by atoms with Crippen molar-refractivity contribution < 1.29 is 28.6 Å². The van der Waals surface area contributed by atoms with Gasteiger partial charge in [0.15, 0.2) is 6.10 Å². The van der Waals surface area contributed by atoms with E-state index >= 15 is 0 Å². The zero-order chi connectivity index (χ0) is 40.1. The van der Waals surface area contributed by atoms with Crippen LogP contribution in [-0.2, 0) is 28.6 Å². The van der Waals surface area contributed by atoms with Crippen molar-refractivity contribution in [2.24, 2.45) is 0 Å². The Bertz CT molecular complexity index is 980. The van der Waals surface area contributed by atoms with Gasteiger partial charge in [0.25, 0.3) is 0 Å². The first kappa shape index (κ1) is 52.4. The zero-order valence-corrected chi connectivity index (χ0v) is 36.2. The predicted molar refractivity (Wildman–Crippen MR) is 233 cm³/mol. The van der Waals surface area contributed by atoms with E-state index < -0.39 is 6.10 Å². The minimum Gasteiger partial charge on any atom is -0.462 e. The van der Waals surface area contributed by atoms with Crippen LogP contribution >= 0.6 is 0 Å². The van der Waals surface area contributed by atoms with Crippen LogP contribution in [0.1, 0.15) is 226 Å². The van der Waals surface area contributed by atoms with E-state index in [0.717, 1.165) is 64.2 Å². The topological polar surface area (TPSA) is 78.9 Å². The fourth-order valence-electron chi connectivity index (χ4n) is 6.40. The van der Waals surface area contributed by atoms with Gasteiger partial charge >= 0.3 is 17.9 Å². The van der Waals surface area contributed by atoms with Crippen molar-refractivity contribution >= 4 is 17.9 Å². The van der Waals surface area contributed by atoms with Gasteiger partial charge in [-0.25, -0.2) is 0 Å². The summed E-state index contributed by atoms with van der Waals surface area (Å²) >= 11 is 0. The van der Waals surface area contributed by atoms with Crippen LogP contribution in [0.25, 0.3) is 0 Å². The van der Waals surface area contributed by atoms with Crippen molar-refractivity contribution in [3.05, 3.63) is 48.6 Å². The molecule has 0 saturated carbocycles. The summed E-state index contributed by atoms with van der Waals surface area (Å²) in [5, 5.41) is 0. The molecule has 0 spiro atoms. The van der Waals surface area contributed by atoms with E-state index in [2.05, 4.69) is 57.2 Å². The van der Waals surface area contributed by atoms with Gasteiger partial charge in [0.2, 0.25) is 0 Å². The van der Waals surface area contributed by atoms with Crippen molar-refractivity contribution in [1.82, 2.24) is 0 Å². The zero-order valence-electron chi connectivity index (χ0n) is 36.2. The van der Waals surface area contributed by atoms with Crippen LogP contribution in [0.4, 0.5) is 0 Å². The van der Waals surface area contributed by atoms with E-state index in [4.69, 9.17) is 14.2 Å². The summed E-state index contributed by atoms with van der Waals surface area (Å²) < 4.78 is 16.6. The molecule has 6 heteroatoms. The van der Waals surface area contributed by atoms with Crippen LogP contribution in [-0.4, -0.2) is 37.2 Å². The molecule has 1 atom stereocenters. The first-order valence-electron chi connectivity index (χ1n) is 23.1. The molecule has 0 N–H and O–H groups in total. The van der Waals surface area contributed by atoms with Crippen LogP contribution < -0.4 is 0 Å². The minimum atomic E-state index is -0.794. The van der Waals surface area contributed by atoms with Crippen molar-refractivity contribution in [1.29, 1.82) is 0 Å². The number of ether oxygens (including phenoxy) is 3. The van der Waals surface area contributed by atoms with Crippen LogP contribution in [0.2, 0.25) is 0 Å². The molecule has 0 aliphatic rings. The van der Waals surface area contributed by atoms with E-state index in [1.54, 1.807) is 0 Å². The van der Waals surface area contributed by atoms with Gasteiger partial charge in [0.05, 0.1) is 0 Å². The molecule has 318 valence electrons. The largest absolute Gasteiger partial charge is 0.462 e. The van der Waals surface area contributed by atoms with E-state index in [1.165, 1.54) is 116 Å². The average Bonchev–Trinajstić information content (AvgIpc) is 3.18. The lowest BCUT2D eigenvalue weighted by Gasteiger charge is -2.18. The second kappa shape index (κ2) is 44.1. The van der Waals surface area contributed by atoms with Gasteiger partial charge in [-0.15, -0.1) is 0 Å². The maximum Gasteiger partial charge on any atom is 0.306 e. The summed E-state index contributed by atoms with van der Waals surface area (Å²) in [4.78, 5) is 37.7. The van der Waals surface area contributed by atoms with Crippen molar-refractivity contribution in [2.45, 2.75) is 232 Å². The molecular weight excluding hydrogens is 685 g/mol. The number of rotatable bonds is 41. The molecule has 0 radical (unpaired) electrons. The second-order valence-electron chi connectivity index (χ2n) is 15.3. The Balaban J connectivity index is 4.45. The number of hydrogen-bond donors (Lipinski definition) is 0. The first-order chi connectivity index (χ1) is 27.0. The molecular formula is C49H86O6. The highest BCUT2D eigenvalue weighted by molar-refractivity contribution is 5.71. The van der Waals surface area contributed by atoms with Gasteiger partial charge in [0, 0.05) is 19.3 Å². The molecule has 55 heavy (non-hydrogen) atoms. The Morgan fingerprint density at radius 3 is 1.11 bits per heavy atom. The second-order valence-corrected chi connectivity index (χ2v) is 15.3. The molecule has 0 aromatic carbocycles. The normalized spacial score (nSPS) is 12.4. The fourth-order valence-corrected chi connectivity index (χ4v) is 6.40. The highest BCUT2D eigenvalue weighted by Crippen LogP contribution is 2.15. The number of esters is 3. The van der Waals surface area contributed by atoms with Gasteiger partial charge in [0.1, 0.15) is 13.2 Å². The van der Waals surface area contributed by atoms with Crippen LogP contribution in [0.15, 0.2) is 48.6 Å². The van der Waals surface area contributed by atoms with Crippen molar-refractivity contribution in [3.8, 4) is 0 Å². The summed E-state index contributed by atoms with van der Waals surface area (Å²) in [6, 6.07) is 0. The molecule has 0 amide bonds. The van der Waals surface area contributed by atoms with Gasteiger partial charge in [-0.05, 0) is 44.9 Å². The smallest absolute Gasteiger partial charge is 0.306 e. The summed E-state index contributed by atoms with van der Waals surface area (Å²) in [6.07, 6.45) is 51.0. The Hall–Kier alpha value is -2.63. The fraction of sp³-hybridized carbons (Fsp3) is 0.776. The van der Waals surface area contributed by atoms with Gasteiger partial charge in [-0.1, -0.05) is 211 Å². The van der Waals surface area contributed by atoms with Gasteiger partial charge in [-0.3, -0.25) is 14.4 Å². The highest BCUT2D eigenvalue weighted by atomic mass is 16.6. The molecule has 0 aliphatic heterocycles. The predicted octanol–water partition coefficient (Wildman–Crippen LogP) is 14.8. The number of unbranched alkanes of at least 4 members (excludes halogenated alkanes) is 22. The molecule has 0 fully saturated rings. The highest BCUT2D eigenvalue weighted by Gasteiger charge is 2.19. The average molecular weight is 771 g/mol. The lowest BCUT2D eigenvalue weighted by molar-refractivity contribution is -0.166.